The molecule has 2 aromatic heterocycles. The van der Waals surface area contributed by atoms with Crippen molar-refractivity contribution in [2.45, 2.75) is 26.9 Å². The minimum Gasteiger partial charge on any atom is -0.496 e. The molecule has 0 saturated heterocycles. The first-order chi connectivity index (χ1) is 13.5. The van der Waals surface area contributed by atoms with Gasteiger partial charge < -0.3 is 9.64 Å². The normalized spacial score (nSPS) is 11.1. The fourth-order valence-corrected chi connectivity index (χ4v) is 3.85. The van der Waals surface area contributed by atoms with E-state index in [1.54, 1.807) is 24.5 Å². The van der Waals surface area contributed by atoms with Gasteiger partial charge in [-0.05, 0) is 37.4 Å². The summed E-state index contributed by atoms with van der Waals surface area (Å²) < 4.78 is 7.29. The average Bonchev–Trinajstić information content (AvgIpc) is 3.28. The lowest BCUT2D eigenvalue weighted by Gasteiger charge is -2.22. The molecule has 1 aromatic carbocycles. The zero-order valence-corrected chi connectivity index (χ0v) is 17.5. The second-order valence-corrected chi connectivity index (χ2v) is 7.66. The summed E-state index contributed by atoms with van der Waals surface area (Å²) in [5.74, 6) is 0.747. The Balaban J connectivity index is 1.85. The predicted molar refractivity (Wildman–Crippen MR) is 113 cm³/mol. The molecule has 28 heavy (non-hydrogen) atoms. The quantitative estimate of drug-likeness (QED) is 0.559. The van der Waals surface area contributed by atoms with E-state index in [1.807, 2.05) is 78.3 Å². The highest BCUT2D eigenvalue weighted by Crippen LogP contribution is 2.22. The van der Waals surface area contributed by atoms with Gasteiger partial charge in [0.05, 0.1) is 19.3 Å². The monoisotopic (exact) mass is 395 g/mol. The molecule has 0 saturated carbocycles. The number of hydrogen-bond donors (Lipinski definition) is 0. The van der Waals surface area contributed by atoms with Gasteiger partial charge in [0.15, 0.2) is 0 Å². The van der Waals surface area contributed by atoms with E-state index in [-0.39, 0.29) is 5.91 Å². The van der Waals surface area contributed by atoms with Crippen molar-refractivity contribution in [3.8, 4) is 5.75 Å². The van der Waals surface area contributed by atoms with Crippen LogP contribution in [0.4, 0.5) is 0 Å². The van der Waals surface area contributed by atoms with Gasteiger partial charge in [-0.15, -0.1) is 11.3 Å². The number of para-hydroxylation sites is 1. The summed E-state index contributed by atoms with van der Waals surface area (Å²) >= 11 is 1.65. The largest absolute Gasteiger partial charge is 0.496 e. The molecule has 1 amide bonds. The zero-order valence-electron chi connectivity index (χ0n) is 16.7. The third-order valence-corrected chi connectivity index (χ3v) is 5.61. The van der Waals surface area contributed by atoms with Gasteiger partial charge in [0.2, 0.25) is 5.91 Å². The summed E-state index contributed by atoms with van der Waals surface area (Å²) in [4.78, 5) is 16.0. The second kappa shape index (κ2) is 8.89. The van der Waals surface area contributed by atoms with Crippen LogP contribution in [0, 0.1) is 13.8 Å². The van der Waals surface area contributed by atoms with Crippen molar-refractivity contribution >= 4 is 23.3 Å². The highest BCUT2D eigenvalue weighted by atomic mass is 32.1. The lowest BCUT2D eigenvalue weighted by atomic mass is 10.1. The maximum Gasteiger partial charge on any atom is 0.247 e. The van der Waals surface area contributed by atoms with Crippen LogP contribution >= 0.6 is 11.3 Å². The van der Waals surface area contributed by atoms with Gasteiger partial charge >= 0.3 is 0 Å². The van der Waals surface area contributed by atoms with Crippen LogP contribution in [-0.2, 0) is 24.9 Å². The highest BCUT2D eigenvalue weighted by Gasteiger charge is 2.16. The highest BCUT2D eigenvalue weighted by molar-refractivity contribution is 7.09. The number of methoxy groups -OCH3 is 1. The number of aromatic nitrogens is 2. The molecule has 0 radical (unpaired) electrons. The maximum atomic E-state index is 13.1. The van der Waals surface area contributed by atoms with Crippen molar-refractivity contribution in [3.63, 3.8) is 0 Å². The van der Waals surface area contributed by atoms with Gasteiger partial charge in [-0.3, -0.25) is 9.48 Å². The summed E-state index contributed by atoms with van der Waals surface area (Å²) in [7, 11) is 3.56. The minimum atomic E-state index is -0.0399. The van der Waals surface area contributed by atoms with E-state index < -0.39 is 0 Å². The van der Waals surface area contributed by atoms with Crippen LogP contribution in [0.15, 0.2) is 47.9 Å². The minimum absolute atomic E-state index is 0.0399. The van der Waals surface area contributed by atoms with Crippen LogP contribution in [0.1, 0.15) is 27.4 Å². The number of ether oxygens (including phenoxy) is 1. The molecule has 0 aliphatic carbocycles. The fraction of sp³-hybridized carbons (Fsp3) is 0.273. The van der Waals surface area contributed by atoms with Crippen LogP contribution in [0.25, 0.3) is 6.08 Å². The summed E-state index contributed by atoms with van der Waals surface area (Å²) in [6.07, 6.45) is 3.50. The SMILES string of the molecule is COc1ccccc1CN(Cc1cccs1)C(=O)/C=C/c1c(C)nn(C)c1C. The van der Waals surface area contributed by atoms with Crippen molar-refractivity contribution in [1.82, 2.24) is 14.7 Å². The third kappa shape index (κ3) is 4.51. The fourth-order valence-electron chi connectivity index (χ4n) is 3.13. The van der Waals surface area contributed by atoms with Crippen LogP contribution < -0.4 is 4.74 Å². The lowest BCUT2D eigenvalue weighted by Crippen LogP contribution is -2.28. The Morgan fingerprint density at radius 3 is 2.64 bits per heavy atom. The summed E-state index contributed by atoms with van der Waals surface area (Å²) in [6.45, 7) is 5.00. The Labute approximate surface area is 169 Å². The van der Waals surface area contributed by atoms with Crippen molar-refractivity contribution in [2.24, 2.45) is 7.05 Å². The van der Waals surface area contributed by atoms with Crippen LogP contribution in [0.5, 0.6) is 5.75 Å². The molecule has 146 valence electrons. The molecule has 0 atom stereocenters. The first-order valence-corrected chi connectivity index (χ1v) is 9.99. The van der Waals surface area contributed by atoms with Crippen LogP contribution in [0.2, 0.25) is 0 Å². The van der Waals surface area contributed by atoms with Gasteiger partial charge in [0, 0.05) is 41.4 Å². The molecule has 0 aliphatic heterocycles. The number of aryl methyl sites for hydroxylation is 2. The number of thiophene rings is 1. The van der Waals surface area contributed by atoms with E-state index in [2.05, 4.69) is 5.10 Å². The zero-order chi connectivity index (χ0) is 20.1. The molecule has 3 aromatic rings. The van der Waals surface area contributed by atoms with Gasteiger partial charge in [-0.25, -0.2) is 0 Å². The van der Waals surface area contributed by atoms with E-state index in [0.29, 0.717) is 13.1 Å². The number of benzene rings is 1. The van der Waals surface area contributed by atoms with Crippen LogP contribution in [0.3, 0.4) is 0 Å². The van der Waals surface area contributed by atoms with Crippen molar-refractivity contribution in [1.29, 1.82) is 0 Å². The topological polar surface area (TPSA) is 47.4 Å². The molecule has 6 heteroatoms. The predicted octanol–water partition coefficient (Wildman–Crippen LogP) is 4.35. The molecule has 2 heterocycles. The first-order valence-electron chi connectivity index (χ1n) is 9.11. The average molecular weight is 396 g/mol. The van der Waals surface area contributed by atoms with E-state index >= 15 is 0 Å². The molecule has 0 bridgehead atoms. The molecule has 0 aliphatic rings. The van der Waals surface area contributed by atoms with Gasteiger partial charge in [-0.2, -0.15) is 5.10 Å². The van der Waals surface area contributed by atoms with E-state index in [1.165, 1.54) is 0 Å². The van der Waals surface area contributed by atoms with Crippen molar-refractivity contribution < 1.29 is 9.53 Å². The smallest absolute Gasteiger partial charge is 0.247 e. The third-order valence-electron chi connectivity index (χ3n) is 4.75. The van der Waals surface area contributed by atoms with Gasteiger partial charge in [-0.1, -0.05) is 24.3 Å². The number of rotatable bonds is 7. The van der Waals surface area contributed by atoms with E-state index in [0.717, 1.165) is 33.1 Å². The van der Waals surface area contributed by atoms with E-state index in [9.17, 15) is 4.79 Å². The molecular formula is C22H25N3O2S. The number of carbonyl (C=O) groups is 1. The number of amides is 1. The molecule has 0 unspecified atom stereocenters. The van der Waals surface area contributed by atoms with Gasteiger partial charge in [0.1, 0.15) is 5.75 Å². The Bertz CT molecular complexity index is 974. The molecule has 0 N–H and O–H groups in total. The number of hydrogen-bond acceptors (Lipinski definition) is 4. The summed E-state index contributed by atoms with van der Waals surface area (Å²) in [6, 6.07) is 11.9. The lowest BCUT2D eigenvalue weighted by molar-refractivity contribution is -0.127. The first kappa shape index (κ1) is 19.9. The van der Waals surface area contributed by atoms with Gasteiger partial charge in [0.25, 0.3) is 0 Å². The molecular weight excluding hydrogens is 370 g/mol. The Morgan fingerprint density at radius 1 is 1.21 bits per heavy atom. The molecule has 0 fully saturated rings. The Kier molecular flexibility index (Phi) is 6.31. The maximum absolute atomic E-state index is 13.1. The number of carbonyl (C=O) groups excluding carboxylic acids is 1. The standard InChI is InChI=1S/C22H25N3O2S/c1-16-20(17(2)24(3)23-16)11-12-22(26)25(15-19-9-7-13-28-19)14-18-8-5-6-10-21(18)27-4/h5-13H,14-15H2,1-4H3/b12-11+. The summed E-state index contributed by atoms with van der Waals surface area (Å²) in [5.41, 5.74) is 3.93. The summed E-state index contributed by atoms with van der Waals surface area (Å²) in [5, 5.41) is 6.44. The molecule has 3 rings (SSSR count). The van der Waals surface area contributed by atoms with Crippen molar-refractivity contribution in [3.05, 3.63) is 75.2 Å². The van der Waals surface area contributed by atoms with E-state index in [4.69, 9.17) is 4.74 Å². The Morgan fingerprint density at radius 2 is 2.00 bits per heavy atom. The number of nitrogens with zero attached hydrogens (tertiary/aromatic N) is 3. The molecule has 0 spiro atoms. The Hall–Kier alpha value is -2.86. The van der Waals surface area contributed by atoms with Crippen molar-refractivity contribution in [2.75, 3.05) is 7.11 Å². The molecule has 5 nitrogen and oxygen atoms in total. The van der Waals surface area contributed by atoms with Crippen LogP contribution in [-0.4, -0.2) is 27.7 Å². The second-order valence-electron chi connectivity index (χ2n) is 6.63.